The monoisotopic (exact) mass is 483 g/mol. The number of hydrogen-bond donors (Lipinski definition) is 2. The number of halogens is 1. The molecule has 0 radical (unpaired) electrons. The third-order valence-corrected chi connectivity index (χ3v) is 7.03. The number of aromatic nitrogens is 3. The second-order valence-corrected chi connectivity index (χ2v) is 9.80. The minimum Gasteiger partial charge on any atom is -0.322 e. The van der Waals surface area contributed by atoms with Crippen molar-refractivity contribution >= 4 is 49.9 Å². The predicted molar refractivity (Wildman–Crippen MR) is 129 cm³/mol. The van der Waals surface area contributed by atoms with Gasteiger partial charge >= 0.3 is 0 Å². The van der Waals surface area contributed by atoms with Gasteiger partial charge in [0.05, 0.1) is 32.2 Å². The van der Waals surface area contributed by atoms with Crippen LogP contribution in [-0.2, 0) is 17.1 Å². The zero-order valence-electron chi connectivity index (χ0n) is 18.5. The fourth-order valence-electron chi connectivity index (χ4n) is 3.66. The first-order valence-electron chi connectivity index (χ1n) is 10.1. The van der Waals surface area contributed by atoms with Gasteiger partial charge in [-0.05, 0) is 56.7 Å². The Morgan fingerprint density at radius 3 is 2.52 bits per heavy atom. The van der Waals surface area contributed by atoms with Crippen molar-refractivity contribution in [3.63, 3.8) is 0 Å². The molecule has 4 aromatic rings. The lowest BCUT2D eigenvalue weighted by atomic mass is 10.1. The quantitative estimate of drug-likeness (QED) is 0.431. The van der Waals surface area contributed by atoms with Crippen molar-refractivity contribution in [2.45, 2.75) is 25.7 Å². The Labute approximate surface area is 196 Å². The van der Waals surface area contributed by atoms with Crippen LogP contribution in [0.1, 0.15) is 27.3 Å². The van der Waals surface area contributed by atoms with Crippen LogP contribution in [0.2, 0.25) is 5.02 Å². The van der Waals surface area contributed by atoms with Gasteiger partial charge in [-0.25, -0.2) is 13.4 Å². The van der Waals surface area contributed by atoms with Gasteiger partial charge in [0.2, 0.25) is 0 Å². The number of para-hydroxylation sites is 1. The summed E-state index contributed by atoms with van der Waals surface area (Å²) in [4.78, 5) is 17.7. The average Bonchev–Trinajstić information content (AvgIpc) is 3.03. The summed E-state index contributed by atoms with van der Waals surface area (Å²) >= 11 is 6.10. The maximum atomic E-state index is 13.2. The highest BCUT2D eigenvalue weighted by Crippen LogP contribution is 2.28. The van der Waals surface area contributed by atoms with E-state index in [-0.39, 0.29) is 21.5 Å². The van der Waals surface area contributed by atoms with Gasteiger partial charge in [-0.1, -0.05) is 29.8 Å². The van der Waals surface area contributed by atoms with E-state index < -0.39 is 10.0 Å². The second-order valence-electron chi connectivity index (χ2n) is 7.74. The molecule has 0 aliphatic heterocycles. The largest absolute Gasteiger partial charge is 0.322 e. The summed E-state index contributed by atoms with van der Waals surface area (Å²) in [5.74, 6) is -0.382. The number of carbonyl (C=O) groups is 1. The van der Waals surface area contributed by atoms with E-state index in [0.29, 0.717) is 39.2 Å². The summed E-state index contributed by atoms with van der Waals surface area (Å²) in [6, 6.07) is 13.0. The number of rotatable bonds is 5. The van der Waals surface area contributed by atoms with Crippen LogP contribution >= 0.6 is 11.6 Å². The number of hydrogen-bond acceptors (Lipinski definition) is 5. The molecule has 10 heteroatoms. The molecule has 2 aromatic heterocycles. The van der Waals surface area contributed by atoms with Crippen LogP contribution in [0, 0.1) is 20.8 Å². The van der Waals surface area contributed by atoms with Gasteiger partial charge in [-0.3, -0.25) is 14.2 Å². The van der Waals surface area contributed by atoms with Crippen molar-refractivity contribution in [2.24, 2.45) is 7.05 Å². The number of carbonyl (C=O) groups excluding carboxylic acids is 1. The van der Waals surface area contributed by atoms with Gasteiger partial charge in [0.15, 0.2) is 5.65 Å². The molecule has 0 atom stereocenters. The van der Waals surface area contributed by atoms with Crippen LogP contribution in [0.4, 0.5) is 11.4 Å². The van der Waals surface area contributed by atoms with Crippen molar-refractivity contribution in [1.82, 2.24) is 14.8 Å². The fourth-order valence-corrected chi connectivity index (χ4v) is 5.25. The summed E-state index contributed by atoms with van der Waals surface area (Å²) in [6.45, 7) is 5.30. The Hall–Kier alpha value is -3.43. The number of pyridine rings is 1. The van der Waals surface area contributed by atoms with Crippen LogP contribution in [0.5, 0.6) is 0 Å². The normalized spacial score (nSPS) is 11.5. The Balaban J connectivity index is 1.69. The molecule has 0 bridgehead atoms. The molecule has 33 heavy (non-hydrogen) atoms. The zero-order chi connectivity index (χ0) is 23.9. The number of benzene rings is 2. The van der Waals surface area contributed by atoms with Crippen LogP contribution < -0.4 is 10.0 Å². The van der Waals surface area contributed by atoms with Crippen LogP contribution in [0.3, 0.4) is 0 Å². The van der Waals surface area contributed by atoms with Crippen molar-refractivity contribution in [2.75, 3.05) is 10.0 Å². The van der Waals surface area contributed by atoms with Crippen molar-refractivity contribution in [3.8, 4) is 0 Å². The maximum Gasteiger partial charge on any atom is 0.262 e. The number of fused-ring (bicyclic) bond motifs is 1. The molecular weight excluding hydrogens is 462 g/mol. The minimum absolute atomic E-state index is 0.0360. The number of anilines is 2. The summed E-state index contributed by atoms with van der Waals surface area (Å²) in [5.41, 5.74) is 3.52. The molecule has 0 aliphatic carbocycles. The molecule has 8 nitrogen and oxygen atoms in total. The lowest BCUT2D eigenvalue weighted by molar-refractivity contribution is 0.102. The average molecular weight is 484 g/mol. The molecule has 0 fully saturated rings. The molecule has 1 amide bonds. The van der Waals surface area contributed by atoms with Crippen molar-refractivity contribution < 1.29 is 13.2 Å². The van der Waals surface area contributed by atoms with E-state index in [1.807, 2.05) is 6.92 Å². The van der Waals surface area contributed by atoms with Gasteiger partial charge in [0.1, 0.15) is 0 Å². The Morgan fingerprint density at radius 2 is 1.79 bits per heavy atom. The van der Waals surface area contributed by atoms with Crippen LogP contribution in [-0.4, -0.2) is 29.1 Å². The summed E-state index contributed by atoms with van der Waals surface area (Å²) < 4.78 is 30.2. The highest BCUT2D eigenvalue weighted by molar-refractivity contribution is 7.92. The standard InChI is InChI=1S/C23H22ClN5O3S/c1-13-9-10-16(12-20(13)33(31,32)28-19-8-6-5-7-18(19)24)26-23(30)17-11-14(2)25-22-21(17)15(3)27-29(22)4/h5-12,28H,1-4H3,(H,26,30). The molecule has 4 rings (SSSR count). The van der Waals surface area contributed by atoms with Gasteiger partial charge in [0, 0.05) is 18.4 Å². The van der Waals surface area contributed by atoms with Crippen molar-refractivity contribution in [1.29, 1.82) is 0 Å². The number of amides is 1. The van der Waals surface area contributed by atoms with E-state index in [9.17, 15) is 13.2 Å². The molecule has 2 N–H and O–H groups in total. The van der Waals surface area contributed by atoms with E-state index in [0.717, 1.165) is 0 Å². The van der Waals surface area contributed by atoms with Crippen molar-refractivity contribution in [3.05, 3.63) is 76.1 Å². The molecule has 0 spiro atoms. The van der Waals surface area contributed by atoms with E-state index in [1.54, 1.807) is 68.0 Å². The van der Waals surface area contributed by atoms with Gasteiger partial charge in [-0.2, -0.15) is 5.10 Å². The maximum absolute atomic E-state index is 13.2. The predicted octanol–water partition coefficient (Wildman–Crippen LogP) is 4.60. The fraction of sp³-hybridized carbons (Fsp3) is 0.174. The third-order valence-electron chi connectivity index (χ3n) is 5.20. The molecule has 0 aliphatic rings. The van der Waals surface area contributed by atoms with E-state index in [4.69, 9.17) is 11.6 Å². The summed E-state index contributed by atoms with van der Waals surface area (Å²) in [7, 11) is -2.17. The number of nitrogens with zero attached hydrogens (tertiary/aromatic N) is 3. The van der Waals surface area contributed by atoms with Crippen LogP contribution in [0.25, 0.3) is 11.0 Å². The molecule has 2 aromatic carbocycles. The van der Waals surface area contributed by atoms with Gasteiger partial charge in [0.25, 0.3) is 15.9 Å². The Kier molecular flexibility index (Phi) is 5.85. The summed E-state index contributed by atoms with van der Waals surface area (Å²) in [6.07, 6.45) is 0. The van der Waals surface area contributed by atoms with E-state index in [1.165, 1.54) is 6.07 Å². The lowest BCUT2D eigenvalue weighted by Gasteiger charge is -2.14. The molecular formula is C23H22ClN5O3S. The smallest absolute Gasteiger partial charge is 0.262 e. The Bertz CT molecular complexity index is 1510. The molecule has 2 heterocycles. The second kappa shape index (κ2) is 8.49. The molecule has 170 valence electrons. The summed E-state index contributed by atoms with van der Waals surface area (Å²) in [5, 5.41) is 8.11. The third kappa shape index (κ3) is 4.42. The Morgan fingerprint density at radius 1 is 1.06 bits per heavy atom. The highest BCUT2D eigenvalue weighted by atomic mass is 35.5. The number of aryl methyl sites for hydroxylation is 4. The zero-order valence-corrected chi connectivity index (χ0v) is 20.0. The first-order valence-corrected chi connectivity index (χ1v) is 11.9. The van der Waals surface area contributed by atoms with E-state index in [2.05, 4.69) is 20.1 Å². The first kappa shape index (κ1) is 22.8. The molecule has 0 saturated heterocycles. The highest BCUT2D eigenvalue weighted by Gasteiger charge is 2.21. The van der Waals surface area contributed by atoms with Gasteiger partial charge < -0.3 is 5.32 Å². The number of nitrogens with one attached hydrogen (secondary N) is 2. The van der Waals surface area contributed by atoms with E-state index >= 15 is 0 Å². The van der Waals surface area contributed by atoms with Crippen LogP contribution in [0.15, 0.2) is 53.4 Å². The molecule has 0 saturated carbocycles. The number of sulfonamides is 1. The van der Waals surface area contributed by atoms with Gasteiger partial charge in [-0.15, -0.1) is 0 Å². The molecule has 0 unspecified atom stereocenters. The topological polar surface area (TPSA) is 106 Å². The SMILES string of the molecule is Cc1cc(C(=O)Nc2ccc(C)c(S(=O)(=O)Nc3ccccc3Cl)c2)c2c(C)nn(C)c2n1. The minimum atomic E-state index is -3.94. The first-order chi connectivity index (χ1) is 15.6. The lowest BCUT2D eigenvalue weighted by Crippen LogP contribution is -2.17.